The summed E-state index contributed by atoms with van der Waals surface area (Å²) in [6.07, 6.45) is -3.24. The van der Waals surface area contributed by atoms with E-state index in [1.165, 1.54) is 18.2 Å². The fourth-order valence-corrected chi connectivity index (χ4v) is 1.64. The van der Waals surface area contributed by atoms with Crippen LogP contribution in [0.3, 0.4) is 0 Å². The summed E-state index contributed by atoms with van der Waals surface area (Å²) >= 11 is 0. The highest BCUT2D eigenvalue weighted by molar-refractivity contribution is 5.93. The first-order chi connectivity index (χ1) is 9.86. The smallest absolute Gasteiger partial charge is 0.348 e. The normalized spacial score (nSPS) is 11.2. The van der Waals surface area contributed by atoms with Crippen LogP contribution in [0, 0.1) is 5.95 Å². The average molecular weight is 298 g/mol. The van der Waals surface area contributed by atoms with Gasteiger partial charge in [-0.3, -0.25) is 4.79 Å². The van der Waals surface area contributed by atoms with Crippen molar-refractivity contribution < 1.29 is 22.4 Å². The number of hydrogen-bond acceptors (Lipinski definition) is 2. The van der Waals surface area contributed by atoms with Crippen molar-refractivity contribution >= 4 is 5.91 Å². The molecule has 1 N–H and O–H groups in total. The predicted molar refractivity (Wildman–Crippen MR) is 66.8 cm³/mol. The van der Waals surface area contributed by atoms with E-state index in [9.17, 15) is 22.4 Å². The molecule has 110 valence electrons. The lowest BCUT2D eigenvalue weighted by Crippen LogP contribution is -2.23. The van der Waals surface area contributed by atoms with Gasteiger partial charge >= 0.3 is 6.18 Å². The van der Waals surface area contributed by atoms with Gasteiger partial charge in [-0.05, 0) is 23.8 Å². The Labute approximate surface area is 117 Å². The molecule has 0 unspecified atom stereocenters. The number of amides is 1. The molecule has 21 heavy (non-hydrogen) atoms. The summed E-state index contributed by atoms with van der Waals surface area (Å²) < 4.78 is 50.0. The van der Waals surface area contributed by atoms with Crippen LogP contribution in [0.5, 0.6) is 0 Å². The first-order valence-corrected chi connectivity index (χ1v) is 5.92. The molecule has 1 heterocycles. The van der Waals surface area contributed by atoms with E-state index >= 15 is 0 Å². The highest BCUT2D eigenvalue weighted by Gasteiger charge is 2.29. The summed E-state index contributed by atoms with van der Waals surface area (Å²) in [7, 11) is 0. The molecule has 2 aromatic rings. The number of carbonyl (C=O) groups excluding carboxylic acids is 1. The van der Waals surface area contributed by atoms with E-state index in [2.05, 4.69) is 10.3 Å². The number of alkyl halides is 3. The number of aromatic nitrogens is 1. The van der Waals surface area contributed by atoms with Gasteiger partial charge in [0.25, 0.3) is 5.91 Å². The molecule has 0 spiro atoms. The highest BCUT2D eigenvalue weighted by Crippen LogP contribution is 2.29. The Morgan fingerprint density at radius 3 is 2.38 bits per heavy atom. The second-order valence-electron chi connectivity index (χ2n) is 4.24. The van der Waals surface area contributed by atoms with Crippen LogP contribution in [-0.2, 0) is 12.7 Å². The van der Waals surface area contributed by atoms with Gasteiger partial charge < -0.3 is 5.32 Å². The Morgan fingerprint density at radius 1 is 1.14 bits per heavy atom. The lowest BCUT2D eigenvalue weighted by Gasteiger charge is -2.08. The number of nitrogens with one attached hydrogen (secondary N) is 1. The number of nitrogens with zero attached hydrogens (tertiary/aromatic N) is 1. The van der Waals surface area contributed by atoms with Crippen LogP contribution in [0.2, 0.25) is 0 Å². The van der Waals surface area contributed by atoms with Gasteiger partial charge in [0, 0.05) is 24.4 Å². The molecule has 1 amide bonds. The standard InChI is InChI=1S/C14H10F4N2O/c15-12-7-10(5-6-19-12)13(21)20-8-9-1-3-11(4-2-9)14(16,17)18/h1-7H,8H2,(H,20,21). The van der Waals surface area contributed by atoms with Crippen molar-refractivity contribution in [3.8, 4) is 0 Å². The molecule has 0 aliphatic heterocycles. The van der Waals surface area contributed by atoms with Crippen molar-refractivity contribution in [1.82, 2.24) is 10.3 Å². The molecule has 0 aliphatic carbocycles. The van der Waals surface area contributed by atoms with E-state index in [4.69, 9.17) is 0 Å². The summed E-state index contributed by atoms with van der Waals surface area (Å²) in [6, 6.07) is 6.74. The van der Waals surface area contributed by atoms with Gasteiger partial charge in [-0.2, -0.15) is 17.6 Å². The maximum Gasteiger partial charge on any atom is 0.416 e. The Kier molecular flexibility index (Phi) is 4.21. The zero-order chi connectivity index (χ0) is 15.5. The lowest BCUT2D eigenvalue weighted by molar-refractivity contribution is -0.137. The molecule has 0 saturated carbocycles. The molecule has 0 fully saturated rings. The molecule has 0 atom stereocenters. The molecule has 0 aliphatic rings. The zero-order valence-electron chi connectivity index (χ0n) is 10.6. The van der Waals surface area contributed by atoms with Crippen LogP contribution >= 0.6 is 0 Å². The van der Waals surface area contributed by atoms with E-state index in [0.29, 0.717) is 5.56 Å². The number of carbonyl (C=O) groups is 1. The average Bonchev–Trinajstić information content (AvgIpc) is 2.44. The van der Waals surface area contributed by atoms with Crippen molar-refractivity contribution in [2.45, 2.75) is 12.7 Å². The SMILES string of the molecule is O=C(NCc1ccc(C(F)(F)F)cc1)c1ccnc(F)c1. The summed E-state index contributed by atoms with van der Waals surface area (Å²) in [5.41, 5.74) is -0.158. The van der Waals surface area contributed by atoms with E-state index < -0.39 is 23.6 Å². The molecule has 0 bridgehead atoms. The second kappa shape index (κ2) is 5.90. The molecule has 1 aromatic heterocycles. The Morgan fingerprint density at radius 2 is 1.81 bits per heavy atom. The molecule has 0 radical (unpaired) electrons. The van der Waals surface area contributed by atoms with Crippen molar-refractivity contribution in [3.63, 3.8) is 0 Å². The largest absolute Gasteiger partial charge is 0.416 e. The van der Waals surface area contributed by atoms with Crippen molar-refractivity contribution in [2.75, 3.05) is 0 Å². The minimum absolute atomic E-state index is 0.0426. The maximum absolute atomic E-state index is 12.8. The monoisotopic (exact) mass is 298 g/mol. The topological polar surface area (TPSA) is 42.0 Å². The third kappa shape index (κ3) is 4.01. The Hall–Kier alpha value is -2.44. The maximum atomic E-state index is 12.8. The number of halogens is 4. The van der Waals surface area contributed by atoms with Gasteiger partial charge in [-0.15, -0.1) is 0 Å². The van der Waals surface area contributed by atoms with Crippen LogP contribution in [-0.4, -0.2) is 10.9 Å². The van der Waals surface area contributed by atoms with Crippen molar-refractivity contribution in [1.29, 1.82) is 0 Å². The summed E-state index contributed by atoms with van der Waals surface area (Å²) in [6.45, 7) is 0.0426. The van der Waals surface area contributed by atoms with Crippen LogP contribution < -0.4 is 5.32 Å². The molecular weight excluding hydrogens is 288 g/mol. The number of benzene rings is 1. The van der Waals surface area contributed by atoms with Crippen LogP contribution in [0.4, 0.5) is 17.6 Å². The van der Waals surface area contributed by atoms with Gasteiger partial charge in [-0.1, -0.05) is 12.1 Å². The van der Waals surface area contributed by atoms with Gasteiger partial charge in [0.15, 0.2) is 0 Å². The number of pyridine rings is 1. The zero-order valence-corrected chi connectivity index (χ0v) is 10.6. The fraction of sp³-hybridized carbons (Fsp3) is 0.143. The van der Waals surface area contributed by atoms with Gasteiger partial charge in [-0.25, -0.2) is 4.98 Å². The molecule has 3 nitrogen and oxygen atoms in total. The van der Waals surface area contributed by atoms with E-state index in [1.807, 2.05) is 0 Å². The van der Waals surface area contributed by atoms with Gasteiger partial charge in [0.05, 0.1) is 5.56 Å². The third-order valence-electron chi connectivity index (χ3n) is 2.72. The molecule has 0 saturated heterocycles. The number of hydrogen-bond donors (Lipinski definition) is 1. The fourth-order valence-electron chi connectivity index (χ4n) is 1.64. The third-order valence-corrected chi connectivity index (χ3v) is 2.72. The van der Waals surface area contributed by atoms with Gasteiger partial charge in [0.2, 0.25) is 5.95 Å². The number of rotatable bonds is 3. The molecule has 7 heteroatoms. The minimum atomic E-state index is -4.39. The molecular formula is C14H10F4N2O. The highest BCUT2D eigenvalue weighted by atomic mass is 19.4. The van der Waals surface area contributed by atoms with Gasteiger partial charge in [0.1, 0.15) is 0 Å². The van der Waals surface area contributed by atoms with Crippen molar-refractivity contribution in [2.24, 2.45) is 0 Å². The Bertz CT molecular complexity index is 638. The second-order valence-corrected chi connectivity index (χ2v) is 4.24. The van der Waals surface area contributed by atoms with Crippen molar-refractivity contribution in [3.05, 3.63) is 65.2 Å². The first kappa shape index (κ1) is 15.0. The molecule has 1 aromatic carbocycles. The summed E-state index contributed by atoms with van der Waals surface area (Å²) in [5, 5.41) is 2.49. The predicted octanol–water partition coefficient (Wildman–Crippen LogP) is 3.17. The Balaban J connectivity index is 1.98. The lowest BCUT2D eigenvalue weighted by atomic mass is 10.1. The van der Waals surface area contributed by atoms with E-state index in [0.717, 1.165) is 24.4 Å². The first-order valence-electron chi connectivity index (χ1n) is 5.92. The van der Waals surface area contributed by atoms with E-state index in [1.54, 1.807) is 0 Å². The van der Waals surface area contributed by atoms with Crippen LogP contribution in [0.1, 0.15) is 21.5 Å². The van der Waals surface area contributed by atoms with Crippen LogP contribution in [0.25, 0.3) is 0 Å². The molecule has 2 rings (SSSR count). The summed E-state index contributed by atoms with van der Waals surface area (Å²) in [4.78, 5) is 15.0. The van der Waals surface area contributed by atoms with Crippen LogP contribution in [0.15, 0.2) is 42.6 Å². The van der Waals surface area contributed by atoms with E-state index in [-0.39, 0.29) is 12.1 Å². The quantitative estimate of drug-likeness (QED) is 0.698. The minimum Gasteiger partial charge on any atom is -0.348 e. The summed E-state index contributed by atoms with van der Waals surface area (Å²) in [5.74, 6) is -1.31.